The lowest BCUT2D eigenvalue weighted by Gasteiger charge is -2.10. The largest absolute Gasteiger partial charge is 0.396 e. The summed E-state index contributed by atoms with van der Waals surface area (Å²) in [5, 5.41) is 4.95. The minimum Gasteiger partial charge on any atom is -0.396 e. The van der Waals surface area contributed by atoms with E-state index >= 15 is 0 Å². The molecule has 6 N–H and O–H groups in total. The molecular weight excluding hydrogens is 295 g/mol. The van der Waals surface area contributed by atoms with E-state index in [0.717, 1.165) is 0 Å². The normalized spacial score (nSPS) is 11.5. The summed E-state index contributed by atoms with van der Waals surface area (Å²) in [7, 11) is -3.61. The van der Waals surface area contributed by atoms with E-state index in [2.05, 4.69) is 4.98 Å². The topological polar surface area (TPSA) is 125 Å². The first-order chi connectivity index (χ1) is 9.76. The van der Waals surface area contributed by atoms with Crippen LogP contribution in [0.4, 0.5) is 15.8 Å². The average Bonchev–Trinajstić information content (AvgIpc) is 2.38. The average molecular weight is 310 g/mol. The molecule has 0 aliphatic carbocycles. The van der Waals surface area contributed by atoms with Crippen LogP contribution in [-0.4, -0.2) is 19.2 Å². The van der Waals surface area contributed by atoms with Gasteiger partial charge >= 0.3 is 0 Å². The van der Waals surface area contributed by atoms with E-state index in [1.165, 1.54) is 24.5 Å². The van der Waals surface area contributed by atoms with Crippen molar-refractivity contribution < 1.29 is 12.8 Å². The fraction of sp³-hybridized carbons (Fsp3) is 0.154. The summed E-state index contributed by atoms with van der Waals surface area (Å²) in [5.41, 5.74) is 13.6. The Morgan fingerprint density at radius 3 is 2.52 bits per heavy atom. The van der Waals surface area contributed by atoms with Gasteiger partial charge in [-0.25, -0.2) is 17.9 Å². The summed E-state index contributed by atoms with van der Waals surface area (Å²) in [6.07, 6.45) is 2.99. The van der Waals surface area contributed by atoms with E-state index in [1.54, 1.807) is 6.07 Å². The summed E-state index contributed by atoms with van der Waals surface area (Å²) in [5.74, 6) is -0.765. The van der Waals surface area contributed by atoms with Crippen LogP contribution in [0.15, 0.2) is 30.6 Å². The molecule has 21 heavy (non-hydrogen) atoms. The zero-order chi connectivity index (χ0) is 15.6. The fourth-order valence-electron chi connectivity index (χ4n) is 1.93. The zero-order valence-electron chi connectivity index (χ0n) is 11.1. The van der Waals surface area contributed by atoms with E-state index < -0.39 is 15.8 Å². The van der Waals surface area contributed by atoms with Gasteiger partial charge in [0.25, 0.3) is 0 Å². The molecule has 0 saturated heterocycles. The van der Waals surface area contributed by atoms with Crippen LogP contribution < -0.4 is 16.6 Å². The van der Waals surface area contributed by atoms with E-state index in [4.69, 9.17) is 16.6 Å². The second-order valence-corrected chi connectivity index (χ2v) is 6.39. The van der Waals surface area contributed by atoms with Gasteiger partial charge in [-0.1, -0.05) is 6.07 Å². The molecule has 0 amide bonds. The molecule has 0 fully saturated rings. The monoisotopic (exact) mass is 310 g/mol. The predicted molar refractivity (Wildman–Crippen MR) is 80.1 cm³/mol. The molecule has 0 aliphatic heterocycles. The number of rotatable bonds is 4. The molecule has 0 bridgehead atoms. The lowest BCUT2D eigenvalue weighted by Crippen LogP contribution is -2.18. The van der Waals surface area contributed by atoms with Crippen LogP contribution in [0.1, 0.15) is 5.56 Å². The Morgan fingerprint density at radius 2 is 1.86 bits per heavy atom. The van der Waals surface area contributed by atoms with Crippen molar-refractivity contribution in [3.8, 4) is 11.1 Å². The SMILES string of the molecule is Nc1cncc(-c2cc(F)cc(CCS(N)(=O)=O)c2)c1N. The van der Waals surface area contributed by atoms with Crippen LogP contribution in [-0.2, 0) is 16.4 Å². The highest BCUT2D eigenvalue weighted by molar-refractivity contribution is 7.89. The Morgan fingerprint density at radius 1 is 1.14 bits per heavy atom. The van der Waals surface area contributed by atoms with Crippen molar-refractivity contribution in [1.29, 1.82) is 0 Å². The van der Waals surface area contributed by atoms with Crippen molar-refractivity contribution in [2.24, 2.45) is 5.14 Å². The number of primary sulfonamides is 1. The van der Waals surface area contributed by atoms with Crippen molar-refractivity contribution >= 4 is 21.4 Å². The first kappa shape index (κ1) is 15.2. The number of benzene rings is 1. The summed E-state index contributed by atoms with van der Waals surface area (Å²) in [6, 6.07) is 4.18. The second-order valence-electron chi connectivity index (χ2n) is 4.66. The molecule has 0 atom stereocenters. The molecule has 112 valence electrons. The van der Waals surface area contributed by atoms with Gasteiger partial charge < -0.3 is 11.5 Å². The maximum Gasteiger partial charge on any atom is 0.209 e. The van der Waals surface area contributed by atoms with Crippen LogP contribution in [0.25, 0.3) is 11.1 Å². The van der Waals surface area contributed by atoms with Gasteiger partial charge in [0.2, 0.25) is 10.0 Å². The maximum atomic E-state index is 13.7. The number of sulfonamides is 1. The highest BCUT2D eigenvalue weighted by atomic mass is 32.2. The minimum atomic E-state index is -3.61. The molecule has 1 aromatic carbocycles. The predicted octanol–water partition coefficient (Wildman–Crippen LogP) is 0.883. The van der Waals surface area contributed by atoms with Crippen molar-refractivity contribution in [2.75, 3.05) is 17.2 Å². The van der Waals surface area contributed by atoms with Gasteiger partial charge in [0.05, 0.1) is 23.3 Å². The summed E-state index contributed by atoms with van der Waals surface area (Å²) >= 11 is 0. The molecule has 0 saturated carbocycles. The summed E-state index contributed by atoms with van der Waals surface area (Å²) < 4.78 is 35.7. The number of aromatic nitrogens is 1. The molecular formula is C13H15FN4O2S. The van der Waals surface area contributed by atoms with Gasteiger partial charge in [-0.3, -0.25) is 4.98 Å². The molecule has 0 spiro atoms. The van der Waals surface area contributed by atoms with Gasteiger partial charge in [-0.2, -0.15) is 0 Å². The highest BCUT2D eigenvalue weighted by Gasteiger charge is 2.10. The van der Waals surface area contributed by atoms with Crippen molar-refractivity contribution in [1.82, 2.24) is 4.98 Å². The van der Waals surface area contributed by atoms with Crippen LogP contribution in [0.3, 0.4) is 0 Å². The third-order valence-electron chi connectivity index (χ3n) is 2.96. The maximum absolute atomic E-state index is 13.7. The van der Waals surface area contributed by atoms with Crippen LogP contribution in [0.2, 0.25) is 0 Å². The van der Waals surface area contributed by atoms with Gasteiger partial charge in [0.15, 0.2) is 0 Å². The lowest BCUT2D eigenvalue weighted by atomic mass is 10.0. The van der Waals surface area contributed by atoms with Crippen molar-refractivity contribution in [3.05, 3.63) is 42.0 Å². The number of pyridine rings is 1. The summed E-state index contributed by atoms with van der Waals surface area (Å²) in [6.45, 7) is 0. The third-order valence-corrected chi connectivity index (χ3v) is 3.74. The Bertz CT molecular complexity index is 778. The number of anilines is 2. The van der Waals surface area contributed by atoms with Gasteiger partial charge in [0.1, 0.15) is 5.82 Å². The van der Waals surface area contributed by atoms with E-state index in [-0.39, 0.29) is 12.2 Å². The van der Waals surface area contributed by atoms with E-state index in [1.807, 2.05) is 0 Å². The lowest BCUT2D eigenvalue weighted by molar-refractivity contribution is 0.596. The van der Waals surface area contributed by atoms with Gasteiger partial charge in [-0.15, -0.1) is 0 Å². The quantitative estimate of drug-likeness (QED) is 0.773. The molecule has 0 radical (unpaired) electrons. The van der Waals surface area contributed by atoms with E-state index in [0.29, 0.717) is 28.1 Å². The van der Waals surface area contributed by atoms with Crippen LogP contribution >= 0.6 is 0 Å². The summed E-state index contributed by atoms with van der Waals surface area (Å²) in [4.78, 5) is 3.92. The number of nitrogens with zero attached hydrogens (tertiary/aromatic N) is 1. The standard InChI is InChI=1S/C13H15FN4O2S/c14-10-4-8(1-2-21(17,19)20)3-9(5-10)11-6-18-7-12(15)13(11)16/h3-7H,1-2,15H2,(H2,16,18)(H2,17,19,20). The Kier molecular flexibility index (Phi) is 4.10. The second kappa shape index (κ2) is 5.66. The third kappa shape index (κ3) is 3.89. The number of aryl methyl sites for hydroxylation is 1. The highest BCUT2D eigenvalue weighted by Crippen LogP contribution is 2.30. The van der Waals surface area contributed by atoms with Gasteiger partial charge in [-0.05, 0) is 29.7 Å². The zero-order valence-corrected chi connectivity index (χ0v) is 11.9. The number of hydrogen-bond donors (Lipinski definition) is 3. The van der Waals surface area contributed by atoms with Crippen LogP contribution in [0, 0.1) is 5.82 Å². The number of nitrogen functional groups attached to an aromatic ring is 2. The Labute approximate surface area is 121 Å². The smallest absolute Gasteiger partial charge is 0.209 e. The fourth-order valence-corrected chi connectivity index (χ4v) is 2.45. The van der Waals surface area contributed by atoms with E-state index in [9.17, 15) is 12.8 Å². The van der Waals surface area contributed by atoms with Crippen LogP contribution in [0.5, 0.6) is 0 Å². The number of hydrogen-bond acceptors (Lipinski definition) is 5. The van der Waals surface area contributed by atoms with Gasteiger partial charge in [0, 0.05) is 11.8 Å². The van der Waals surface area contributed by atoms with Crippen molar-refractivity contribution in [3.63, 3.8) is 0 Å². The molecule has 0 unspecified atom stereocenters. The number of halogens is 1. The Balaban J connectivity index is 2.41. The Hall–Kier alpha value is -2.19. The minimum absolute atomic E-state index is 0.110. The first-order valence-corrected chi connectivity index (χ1v) is 7.77. The van der Waals surface area contributed by atoms with Crippen molar-refractivity contribution in [2.45, 2.75) is 6.42 Å². The molecule has 8 heteroatoms. The molecule has 6 nitrogen and oxygen atoms in total. The molecule has 1 aromatic heterocycles. The number of nitrogens with two attached hydrogens (primary N) is 3. The molecule has 2 rings (SSSR count). The molecule has 1 heterocycles. The first-order valence-electron chi connectivity index (χ1n) is 6.05. The molecule has 0 aliphatic rings. The molecule has 2 aromatic rings.